The molecule has 4 heteroatoms. The quantitative estimate of drug-likeness (QED) is 0.883. The van der Waals surface area contributed by atoms with Crippen molar-refractivity contribution in [3.8, 4) is 0 Å². The van der Waals surface area contributed by atoms with Crippen LogP contribution in [0.2, 0.25) is 0 Å². The molecule has 17 heavy (non-hydrogen) atoms. The number of hydrogen-bond donors (Lipinski definition) is 1. The van der Waals surface area contributed by atoms with Crippen molar-refractivity contribution in [2.75, 3.05) is 13.2 Å². The van der Waals surface area contributed by atoms with E-state index in [4.69, 9.17) is 4.74 Å². The molecule has 0 saturated carbocycles. The van der Waals surface area contributed by atoms with Gasteiger partial charge in [-0.15, -0.1) is 0 Å². The van der Waals surface area contributed by atoms with Gasteiger partial charge in [-0.05, 0) is 31.2 Å². The van der Waals surface area contributed by atoms with Gasteiger partial charge in [-0.25, -0.2) is 8.78 Å². The highest BCUT2D eigenvalue weighted by Gasteiger charge is 2.21. The Morgan fingerprint density at radius 2 is 2.00 bits per heavy atom. The van der Waals surface area contributed by atoms with E-state index in [1.165, 1.54) is 12.1 Å². The van der Waals surface area contributed by atoms with Crippen LogP contribution in [0, 0.1) is 17.6 Å². The Balaban J connectivity index is 2.03. The molecule has 0 amide bonds. The van der Waals surface area contributed by atoms with Crippen LogP contribution >= 0.6 is 0 Å². The van der Waals surface area contributed by atoms with Crippen molar-refractivity contribution in [3.63, 3.8) is 0 Å². The lowest BCUT2D eigenvalue weighted by Crippen LogP contribution is -2.18. The van der Waals surface area contributed by atoms with Crippen molar-refractivity contribution in [1.29, 1.82) is 0 Å². The van der Waals surface area contributed by atoms with E-state index in [0.717, 1.165) is 18.9 Å². The van der Waals surface area contributed by atoms with Crippen LogP contribution < -0.4 is 0 Å². The third kappa shape index (κ3) is 3.01. The Morgan fingerprint density at radius 3 is 2.71 bits per heavy atom. The zero-order valence-corrected chi connectivity index (χ0v) is 9.53. The summed E-state index contributed by atoms with van der Waals surface area (Å²) in [6.07, 6.45) is 1.26. The van der Waals surface area contributed by atoms with Gasteiger partial charge in [-0.2, -0.15) is 0 Å². The van der Waals surface area contributed by atoms with Gasteiger partial charge in [-0.3, -0.25) is 0 Å². The van der Waals surface area contributed by atoms with Crippen molar-refractivity contribution in [1.82, 2.24) is 0 Å². The highest BCUT2D eigenvalue weighted by Crippen LogP contribution is 2.29. The number of aliphatic hydroxyl groups is 1. The van der Waals surface area contributed by atoms with Crippen molar-refractivity contribution in [3.05, 3.63) is 35.4 Å². The summed E-state index contributed by atoms with van der Waals surface area (Å²) >= 11 is 0. The third-order valence-corrected chi connectivity index (χ3v) is 3.24. The normalized spacial score (nSPS) is 19.2. The van der Waals surface area contributed by atoms with Crippen LogP contribution in [0.4, 0.5) is 8.78 Å². The molecule has 0 spiro atoms. The number of benzene rings is 1. The van der Waals surface area contributed by atoms with Crippen LogP contribution in [0.5, 0.6) is 0 Å². The summed E-state index contributed by atoms with van der Waals surface area (Å²) in [5.41, 5.74) is 0.0523. The Kier molecular flexibility index (Phi) is 4.07. The molecule has 1 unspecified atom stereocenters. The van der Waals surface area contributed by atoms with Crippen molar-refractivity contribution >= 4 is 0 Å². The number of ether oxygens (including phenoxy) is 1. The lowest BCUT2D eigenvalue weighted by molar-refractivity contribution is 0.0427. The van der Waals surface area contributed by atoms with Gasteiger partial charge in [0.2, 0.25) is 0 Å². The smallest absolute Gasteiger partial charge is 0.164 e. The maximum Gasteiger partial charge on any atom is 0.164 e. The monoisotopic (exact) mass is 242 g/mol. The zero-order chi connectivity index (χ0) is 12.3. The summed E-state index contributed by atoms with van der Waals surface area (Å²) in [7, 11) is 0. The molecule has 0 bridgehead atoms. The molecule has 0 aromatic heterocycles. The van der Waals surface area contributed by atoms with Crippen LogP contribution in [-0.4, -0.2) is 18.3 Å². The molecule has 1 heterocycles. The van der Waals surface area contributed by atoms with Crippen LogP contribution in [-0.2, 0) is 4.74 Å². The van der Waals surface area contributed by atoms with Gasteiger partial charge in [-0.1, -0.05) is 12.1 Å². The first-order chi connectivity index (χ1) is 8.18. The first-order valence-electron chi connectivity index (χ1n) is 5.88. The number of aliphatic hydroxyl groups excluding tert-OH is 1. The molecule has 2 rings (SSSR count). The van der Waals surface area contributed by atoms with Gasteiger partial charge < -0.3 is 9.84 Å². The predicted molar refractivity (Wildman–Crippen MR) is 59.5 cm³/mol. The standard InChI is InChI=1S/C13H16F2O2/c14-11-3-1-2-10(13(11)15)12(16)8-9-4-6-17-7-5-9/h1-3,9,12,16H,4-8H2. The van der Waals surface area contributed by atoms with Crippen molar-refractivity contribution in [2.24, 2.45) is 5.92 Å². The second-order valence-corrected chi connectivity index (χ2v) is 4.45. The molecular weight excluding hydrogens is 226 g/mol. The largest absolute Gasteiger partial charge is 0.388 e. The van der Waals surface area contributed by atoms with E-state index < -0.39 is 17.7 Å². The van der Waals surface area contributed by atoms with E-state index >= 15 is 0 Å². The van der Waals surface area contributed by atoms with Crippen LogP contribution in [0.1, 0.15) is 30.9 Å². The number of rotatable bonds is 3. The van der Waals surface area contributed by atoms with E-state index in [1.807, 2.05) is 0 Å². The van der Waals surface area contributed by atoms with Crippen LogP contribution in [0.25, 0.3) is 0 Å². The van der Waals surface area contributed by atoms with E-state index in [0.29, 0.717) is 25.6 Å². The summed E-state index contributed by atoms with van der Waals surface area (Å²) < 4.78 is 31.7. The number of halogens is 2. The molecule has 1 aromatic rings. The number of hydrogen-bond acceptors (Lipinski definition) is 2. The summed E-state index contributed by atoms with van der Waals surface area (Å²) in [4.78, 5) is 0. The Bertz CT molecular complexity index is 376. The third-order valence-electron chi connectivity index (χ3n) is 3.24. The molecule has 1 aliphatic heterocycles. The van der Waals surface area contributed by atoms with Crippen LogP contribution in [0.15, 0.2) is 18.2 Å². The summed E-state index contributed by atoms with van der Waals surface area (Å²) in [6.45, 7) is 1.37. The van der Waals surface area contributed by atoms with Crippen molar-refractivity contribution in [2.45, 2.75) is 25.4 Å². The fourth-order valence-corrected chi connectivity index (χ4v) is 2.20. The highest BCUT2D eigenvalue weighted by atomic mass is 19.2. The molecular formula is C13H16F2O2. The highest BCUT2D eigenvalue weighted by molar-refractivity contribution is 5.21. The summed E-state index contributed by atoms with van der Waals surface area (Å²) in [5.74, 6) is -1.53. The minimum absolute atomic E-state index is 0.0523. The molecule has 0 radical (unpaired) electrons. The lowest BCUT2D eigenvalue weighted by Gasteiger charge is -2.24. The topological polar surface area (TPSA) is 29.5 Å². The fourth-order valence-electron chi connectivity index (χ4n) is 2.20. The van der Waals surface area contributed by atoms with Gasteiger partial charge in [0.15, 0.2) is 11.6 Å². The summed E-state index contributed by atoms with van der Waals surface area (Å²) in [5, 5.41) is 9.93. The minimum Gasteiger partial charge on any atom is -0.388 e. The van der Waals surface area contributed by atoms with Crippen molar-refractivity contribution < 1.29 is 18.6 Å². The van der Waals surface area contributed by atoms with E-state index in [9.17, 15) is 13.9 Å². The van der Waals surface area contributed by atoms with E-state index in [-0.39, 0.29) is 5.56 Å². The van der Waals surface area contributed by atoms with E-state index in [2.05, 4.69) is 0 Å². The van der Waals surface area contributed by atoms with Gasteiger partial charge in [0.05, 0.1) is 6.10 Å². The molecule has 1 aliphatic rings. The molecule has 1 fully saturated rings. The lowest BCUT2D eigenvalue weighted by atomic mass is 9.91. The maximum absolute atomic E-state index is 13.4. The summed E-state index contributed by atoms with van der Waals surface area (Å²) in [6, 6.07) is 3.91. The second kappa shape index (κ2) is 5.56. The molecule has 0 aliphatic carbocycles. The van der Waals surface area contributed by atoms with Gasteiger partial charge in [0.1, 0.15) is 0 Å². The molecule has 2 nitrogen and oxygen atoms in total. The minimum atomic E-state index is -0.938. The van der Waals surface area contributed by atoms with Gasteiger partial charge >= 0.3 is 0 Å². The average Bonchev–Trinajstić information content (AvgIpc) is 2.34. The average molecular weight is 242 g/mol. The second-order valence-electron chi connectivity index (χ2n) is 4.45. The Labute approximate surface area is 99.2 Å². The van der Waals surface area contributed by atoms with E-state index in [1.54, 1.807) is 0 Å². The molecule has 94 valence electrons. The van der Waals surface area contributed by atoms with Gasteiger partial charge in [0.25, 0.3) is 0 Å². The molecule has 1 aromatic carbocycles. The molecule has 1 atom stereocenters. The maximum atomic E-state index is 13.4. The SMILES string of the molecule is OC(CC1CCOCC1)c1cccc(F)c1F. The fraction of sp³-hybridized carbons (Fsp3) is 0.538. The first-order valence-corrected chi connectivity index (χ1v) is 5.88. The first kappa shape index (κ1) is 12.5. The molecule has 1 saturated heterocycles. The predicted octanol–water partition coefficient (Wildman–Crippen LogP) is 2.81. The van der Waals surface area contributed by atoms with Crippen LogP contribution in [0.3, 0.4) is 0 Å². The Hall–Kier alpha value is -1.00. The molecule has 1 N–H and O–H groups in total. The van der Waals surface area contributed by atoms with Gasteiger partial charge in [0, 0.05) is 18.8 Å². The Morgan fingerprint density at radius 1 is 1.29 bits per heavy atom. The zero-order valence-electron chi connectivity index (χ0n) is 9.53.